The summed E-state index contributed by atoms with van der Waals surface area (Å²) in [7, 11) is 1.60. The third-order valence-electron chi connectivity index (χ3n) is 6.16. The SMILES string of the molecule is COc1ccc(N2C(=O)[C@@H]3[C@@H](c4ccc(C)cc4)N4CCCN4[C@H]3C2=O)cc1. The number of hydrogen-bond donors (Lipinski definition) is 0. The highest BCUT2D eigenvalue weighted by Crippen LogP contribution is 2.48. The molecule has 0 aromatic heterocycles. The van der Waals surface area contributed by atoms with Crippen molar-refractivity contribution in [3.63, 3.8) is 0 Å². The van der Waals surface area contributed by atoms with E-state index in [-0.39, 0.29) is 23.8 Å². The minimum Gasteiger partial charge on any atom is -0.497 e. The molecule has 0 radical (unpaired) electrons. The summed E-state index contributed by atoms with van der Waals surface area (Å²) in [6.07, 6.45) is 1.01. The molecule has 3 aliphatic rings. The van der Waals surface area contributed by atoms with Gasteiger partial charge in [0.15, 0.2) is 0 Å². The zero-order valence-corrected chi connectivity index (χ0v) is 16.0. The van der Waals surface area contributed by atoms with Crippen LogP contribution in [0.5, 0.6) is 5.75 Å². The fraction of sp³-hybridized carbons (Fsp3) is 0.364. The molecule has 3 atom stereocenters. The van der Waals surface area contributed by atoms with Crippen LogP contribution < -0.4 is 9.64 Å². The lowest BCUT2D eigenvalue weighted by molar-refractivity contribution is -0.126. The first-order valence-electron chi connectivity index (χ1n) is 9.72. The van der Waals surface area contributed by atoms with Gasteiger partial charge in [-0.3, -0.25) is 9.59 Å². The van der Waals surface area contributed by atoms with Crippen LogP contribution in [0, 0.1) is 12.8 Å². The Morgan fingerprint density at radius 3 is 2.14 bits per heavy atom. The number of ether oxygens (including phenoxy) is 1. The van der Waals surface area contributed by atoms with Crippen LogP contribution in [0.2, 0.25) is 0 Å². The summed E-state index contributed by atoms with van der Waals surface area (Å²) in [5.74, 6) is 0.0886. The van der Waals surface area contributed by atoms with Crippen LogP contribution in [0.1, 0.15) is 23.6 Å². The fourth-order valence-electron chi connectivity index (χ4n) is 4.86. The second kappa shape index (κ2) is 6.43. The Balaban J connectivity index is 1.55. The molecular weight excluding hydrogens is 354 g/mol. The van der Waals surface area contributed by atoms with Gasteiger partial charge in [-0.15, -0.1) is 0 Å². The van der Waals surface area contributed by atoms with Crippen LogP contribution in [0.15, 0.2) is 48.5 Å². The highest BCUT2D eigenvalue weighted by Gasteiger charge is 2.62. The largest absolute Gasteiger partial charge is 0.497 e. The lowest BCUT2D eigenvalue weighted by Crippen LogP contribution is -2.44. The molecule has 2 amide bonds. The number of amides is 2. The van der Waals surface area contributed by atoms with Crippen molar-refractivity contribution in [2.45, 2.75) is 25.4 Å². The van der Waals surface area contributed by atoms with Crippen molar-refractivity contribution in [2.75, 3.05) is 25.1 Å². The number of imide groups is 1. The summed E-state index contributed by atoms with van der Waals surface area (Å²) in [6, 6.07) is 14.9. The first-order chi connectivity index (χ1) is 13.6. The maximum Gasteiger partial charge on any atom is 0.253 e. The van der Waals surface area contributed by atoms with E-state index in [9.17, 15) is 9.59 Å². The number of methoxy groups -OCH3 is 1. The number of anilines is 1. The molecule has 28 heavy (non-hydrogen) atoms. The third-order valence-corrected chi connectivity index (χ3v) is 6.16. The molecule has 6 nitrogen and oxygen atoms in total. The molecule has 2 aromatic rings. The maximum atomic E-state index is 13.5. The Morgan fingerprint density at radius 2 is 1.50 bits per heavy atom. The Bertz CT molecular complexity index is 925. The van der Waals surface area contributed by atoms with Gasteiger partial charge in [0.2, 0.25) is 5.91 Å². The highest BCUT2D eigenvalue weighted by molar-refractivity contribution is 6.24. The van der Waals surface area contributed by atoms with E-state index >= 15 is 0 Å². The number of hydrazine groups is 1. The van der Waals surface area contributed by atoms with E-state index in [2.05, 4.69) is 41.2 Å². The van der Waals surface area contributed by atoms with Crippen LogP contribution in [0.3, 0.4) is 0 Å². The number of hydrogen-bond acceptors (Lipinski definition) is 5. The number of fused-ring (bicyclic) bond motifs is 3. The summed E-state index contributed by atoms with van der Waals surface area (Å²) in [4.78, 5) is 28.2. The second-order valence-corrected chi connectivity index (χ2v) is 7.72. The molecule has 0 bridgehead atoms. The minimum atomic E-state index is -0.414. The van der Waals surface area contributed by atoms with E-state index in [4.69, 9.17) is 4.74 Å². The minimum absolute atomic E-state index is 0.0900. The van der Waals surface area contributed by atoms with E-state index < -0.39 is 6.04 Å². The van der Waals surface area contributed by atoms with Crippen molar-refractivity contribution in [3.8, 4) is 5.75 Å². The number of aryl methyl sites for hydroxylation is 1. The van der Waals surface area contributed by atoms with E-state index in [1.54, 1.807) is 31.4 Å². The highest BCUT2D eigenvalue weighted by atomic mass is 16.5. The van der Waals surface area contributed by atoms with Crippen LogP contribution in [-0.2, 0) is 9.59 Å². The molecule has 3 saturated heterocycles. The average Bonchev–Trinajstić information content (AvgIpc) is 3.35. The predicted octanol–water partition coefficient (Wildman–Crippen LogP) is 2.54. The quantitative estimate of drug-likeness (QED) is 0.770. The smallest absolute Gasteiger partial charge is 0.253 e. The molecule has 5 rings (SSSR count). The Kier molecular flexibility index (Phi) is 4.00. The molecule has 0 aliphatic carbocycles. The van der Waals surface area contributed by atoms with Gasteiger partial charge in [-0.05, 0) is 43.2 Å². The van der Waals surface area contributed by atoms with Crippen molar-refractivity contribution < 1.29 is 14.3 Å². The van der Waals surface area contributed by atoms with Crippen LogP contribution in [0.4, 0.5) is 5.69 Å². The third kappa shape index (κ3) is 2.41. The van der Waals surface area contributed by atoms with Gasteiger partial charge in [-0.1, -0.05) is 29.8 Å². The lowest BCUT2D eigenvalue weighted by Gasteiger charge is -2.29. The summed E-state index contributed by atoms with van der Waals surface area (Å²) >= 11 is 0. The van der Waals surface area contributed by atoms with Crippen molar-refractivity contribution in [1.29, 1.82) is 0 Å². The number of benzene rings is 2. The Morgan fingerprint density at radius 1 is 0.857 bits per heavy atom. The van der Waals surface area contributed by atoms with E-state index in [0.29, 0.717) is 11.4 Å². The van der Waals surface area contributed by atoms with Crippen molar-refractivity contribution in [1.82, 2.24) is 10.0 Å². The number of carbonyl (C=O) groups excluding carboxylic acids is 2. The number of nitrogens with zero attached hydrogens (tertiary/aromatic N) is 3. The van der Waals surface area contributed by atoms with Crippen LogP contribution in [0.25, 0.3) is 0 Å². The summed E-state index contributed by atoms with van der Waals surface area (Å²) < 4.78 is 5.20. The van der Waals surface area contributed by atoms with Gasteiger partial charge >= 0.3 is 0 Å². The van der Waals surface area contributed by atoms with Gasteiger partial charge in [0.1, 0.15) is 11.8 Å². The van der Waals surface area contributed by atoms with Crippen LogP contribution in [-0.4, -0.2) is 48.1 Å². The lowest BCUT2D eigenvalue weighted by atomic mass is 9.89. The van der Waals surface area contributed by atoms with E-state index in [1.807, 2.05) is 0 Å². The maximum absolute atomic E-state index is 13.5. The molecule has 0 saturated carbocycles. The summed E-state index contributed by atoms with van der Waals surface area (Å²) in [5, 5.41) is 4.36. The molecule has 6 heteroatoms. The monoisotopic (exact) mass is 377 g/mol. The van der Waals surface area contributed by atoms with Crippen molar-refractivity contribution >= 4 is 17.5 Å². The normalized spacial score (nSPS) is 27.4. The predicted molar refractivity (Wildman–Crippen MR) is 105 cm³/mol. The number of carbonyl (C=O) groups is 2. The zero-order valence-electron chi connectivity index (χ0n) is 16.0. The molecule has 0 N–H and O–H groups in total. The van der Waals surface area contributed by atoms with Crippen molar-refractivity contribution in [2.24, 2.45) is 5.92 Å². The van der Waals surface area contributed by atoms with Crippen LogP contribution >= 0.6 is 0 Å². The first-order valence-corrected chi connectivity index (χ1v) is 9.72. The average molecular weight is 377 g/mol. The van der Waals surface area contributed by atoms with Crippen molar-refractivity contribution in [3.05, 3.63) is 59.7 Å². The summed E-state index contributed by atoms with van der Waals surface area (Å²) in [6.45, 7) is 3.76. The molecular formula is C22H23N3O3. The number of rotatable bonds is 3. The second-order valence-electron chi connectivity index (χ2n) is 7.72. The molecule has 144 valence electrons. The summed E-state index contributed by atoms with van der Waals surface area (Å²) in [5.41, 5.74) is 2.89. The topological polar surface area (TPSA) is 53.1 Å². The zero-order chi connectivity index (χ0) is 19.4. The first kappa shape index (κ1) is 17.4. The Labute approximate surface area is 164 Å². The molecule has 3 fully saturated rings. The fourth-order valence-corrected chi connectivity index (χ4v) is 4.86. The molecule has 2 aromatic carbocycles. The van der Waals surface area contributed by atoms with Gasteiger partial charge in [-0.2, -0.15) is 0 Å². The molecule has 0 unspecified atom stereocenters. The molecule has 3 heterocycles. The molecule has 3 aliphatic heterocycles. The van der Waals surface area contributed by atoms with E-state index in [1.165, 1.54) is 10.5 Å². The van der Waals surface area contributed by atoms with E-state index in [0.717, 1.165) is 25.1 Å². The van der Waals surface area contributed by atoms with Gasteiger partial charge in [0, 0.05) is 13.1 Å². The Hall–Kier alpha value is -2.70. The van der Waals surface area contributed by atoms with Gasteiger partial charge in [-0.25, -0.2) is 14.9 Å². The molecule has 0 spiro atoms. The van der Waals surface area contributed by atoms with Gasteiger partial charge < -0.3 is 4.74 Å². The standard InChI is InChI=1S/C22H23N3O3/c1-14-4-6-15(7-5-14)19-18-20(24-13-3-12-23(19)24)22(27)25(21(18)26)16-8-10-17(28-2)11-9-16/h4-11,18-20H,3,12-13H2,1-2H3/t18-,19-,20-/m1/s1. The van der Waals surface area contributed by atoms with Gasteiger partial charge in [0.25, 0.3) is 5.91 Å². The van der Waals surface area contributed by atoms with Gasteiger partial charge in [0.05, 0.1) is 24.8 Å².